The molecule has 0 aliphatic carbocycles. The molecule has 0 amide bonds. The van der Waals surface area contributed by atoms with Crippen LogP contribution >= 0.6 is 38.5 Å². The minimum absolute atomic E-state index is 0.258. The number of rotatable bonds is 6. The lowest BCUT2D eigenvalue weighted by Crippen LogP contribution is -2.25. The lowest BCUT2D eigenvalue weighted by atomic mass is 10.1. The minimum atomic E-state index is 0.258. The molecule has 1 rings (SSSR count). The highest BCUT2D eigenvalue weighted by Crippen LogP contribution is 2.25. The fourth-order valence-corrected chi connectivity index (χ4v) is 2.56. The van der Waals surface area contributed by atoms with Gasteiger partial charge in [0, 0.05) is 14.6 Å². The molecule has 0 fully saturated rings. The Hall–Kier alpha value is 0.350. The Balaban J connectivity index is 2.85. The molecular weight excluding hydrogens is 381 g/mol. The molecule has 1 atom stereocenters. The van der Waals surface area contributed by atoms with Crippen molar-refractivity contribution in [2.24, 2.45) is 0 Å². The van der Waals surface area contributed by atoms with Gasteiger partial charge in [-0.15, -0.1) is 0 Å². The molecule has 0 aliphatic rings. The lowest BCUT2D eigenvalue weighted by molar-refractivity contribution is 0.123. The van der Waals surface area contributed by atoms with Crippen LogP contribution in [0.2, 0.25) is 0 Å². The van der Waals surface area contributed by atoms with Gasteiger partial charge in [-0.2, -0.15) is 0 Å². The van der Waals surface area contributed by atoms with Crippen LogP contribution < -0.4 is 5.32 Å². The highest BCUT2D eigenvalue weighted by molar-refractivity contribution is 14.1. The normalized spacial score (nSPS) is 12.8. The molecule has 0 saturated heterocycles. The Morgan fingerprint density at radius 3 is 2.81 bits per heavy atom. The molecule has 1 aromatic carbocycles. The van der Waals surface area contributed by atoms with Crippen molar-refractivity contribution in [3.63, 3.8) is 0 Å². The van der Waals surface area contributed by atoms with E-state index in [0.717, 1.165) is 17.6 Å². The molecule has 0 radical (unpaired) electrons. The van der Waals surface area contributed by atoms with E-state index in [-0.39, 0.29) is 6.04 Å². The summed E-state index contributed by atoms with van der Waals surface area (Å²) in [5, 5.41) is 3.44. The first-order valence-electron chi connectivity index (χ1n) is 5.45. The van der Waals surface area contributed by atoms with Gasteiger partial charge >= 0.3 is 0 Å². The smallest absolute Gasteiger partial charge is 0.0661 e. The van der Waals surface area contributed by atoms with E-state index in [4.69, 9.17) is 4.74 Å². The van der Waals surface area contributed by atoms with Crippen molar-refractivity contribution in [1.82, 2.24) is 5.32 Å². The topological polar surface area (TPSA) is 21.3 Å². The Bertz CT molecular complexity index is 333. The minimum Gasteiger partial charge on any atom is -0.380 e. The molecule has 0 bridgehead atoms. The maximum Gasteiger partial charge on any atom is 0.0661 e. The Kier molecular flexibility index (Phi) is 6.87. The van der Waals surface area contributed by atoms with Crippen molar-refractivity contribution in [2.45, 2.75) is 19.9 Å². The predicted molar refractivity (Wildman–Crippen MR) is 79.8 cm³/mol. The number of nitrogens with one attached hydrogen (secondary N) is 1. The molecule has 2 nitrogen and oxygen atoms in total. The van der Waals surface area contributed by atoms with Gasteiger partial charge in [0.1, 0.15) is 0 Å². The fourth-order valence-electron chi connectivity index (χ4n) is 1.52. The molecular formula is C12H17BrINO. The van der Waals surface area contributed by atoms with Crippen LogP contribution in [0.4, 0.5) is 0 Å². The van der Waals surface area contributed by atoms with Gasteiger partial charge in [0.25, 0.3) is 0 Å². The van der Waals surface area contributed by atoms with E-state index in [2.05, 4.69) is 69.0 Å². The zero-order valence-corrected chi connectivity index (χ0v) is 13.3. The van der Waals surface area contributed by atoms with Crippen LogP contribution in [0.15, 0.2) is 22.7 Å². The third-order valence-electron chi connectivity index (χ3n) is 2.27. The second-order valence-electron chi connectivity index (χ2n) is 3.44. The highest BCUT2D eigenvalue weighted by Gasteiger charge is 2.13. The van der Waals surface area contributed by atoms with Crippen LogP contribution in [0.3, 0.4) is 0 Å². The van der Waals surface area contributed by atoms with Gasteiger partial charge in [-0.25, -0.2) is 0 Å². The second kappa shape index (κ2) is 7.63. The summed E-state index contributed by atoms with van der Waals surface area (Å²) in [6.45, 7) is 6.54. The quantitative estimate of drug-likeness (QED) is 0.738. The third kappa shape index (κ3) is 4.31. The summed E-state index contributed by atoms with van der Waals surface area (Å²) in [6.07, 6.45) is 0. The van der Waals surface area contributed by atoms with E-state index >= 15 is 0 Å². The molecule has 0 saturated carbocycles. The first-order valence-corrected chi connectivity index (χ1v) is 7.32. The average molecular weight is 398 g/mol. The van der Waals surface area contributed by atoms with Crippen molar-refractivity contribution < 1.29 is 4.74 Å². The van der Waals surface area contributed by atoms with Crippen LogP contribution in [0, 0.1) is 3.57 Å². The van der Waals surface area contributed by atoms with Gasteiger partial charge < -0.3 is 10.1 Å². The summed E-state index contributed by atoms with van der Waals surface area (Å²) in [5.74, 6) is 0. The third-order valence-corrected chi connectivity index (χ3v) is 3.67. The van der Waals surface area contributed by atoms with E-state index in [1.165, 1.54) is 9.13 Å². The van der Waals surface area contributed by atoms with Crippen molar-refractivity contribution >= 4 is 38.5 Å². The van der Waals surface area contributed by atoms with Crippen molar-refractivity contribution in [2.75, 3.05) is 19.8 Å². The van der Waals surface area contributed by atoms with Crippen LogP contribution in [-0.4, -0.2) is 19.8 Å². The van der Waals surface area contributed by atoms with E-state index in [1.807, 2.05) is 6.92 Å². The zero-order chi connectivity index (χ0) is 12.0. The summed E-state index contributed by atoms with van der Waals surface area (Å²) in [5.41, 5.74) is 1.27. The molecule has 0 aliphatic heterocycles. The van der Waals surface area contributed by atoms with Crippen molar-refractivity contribution in [3.8, 4) is 0 Å². The van der Waals surface area contributed by atoms with Crippen molar-refractivity contribution in [3.05, 3.63) is 31.8 Å². The van der Waals surface area contributed by atoms with Gasteiger partial charge in [0.2, 0.25) is 0 Å². The highest BCUT2D eigenvalue weighted by atomic mass is 127. The molecule has 90 valence electrons. The van der Waals surface area contributed by atoms with Gasteiger partial charge in [-0.3, -0.25) is 0 Å². The summed E-state index contributed by atoms with van der Waals surface area (Å²) < 4.78 is 7.89. The number of ether oxygens (including phenoxy) is 1. The molecule has 16 heavy (non-hydrogen) atoms. The Morgan fingerprint density at radius 2 is 2.19 bits per heavy atom. The van der Waals surface area contributed by atoms with Crippen molar-refractivity contribution in [1.29, 1.82) is 0 Å². The van der Waals surface area contributed by atoms with Gasteiger partial charge in [0.05, 0.1) is 12.6 Å². The van der Waals surface area contributed by atoms with E-state index < -0.39 is 0 Å². The summed E-state index contributed by atoms with van der Waals surface area (Å²) in [7, 11) is 0. The first kappa shape index (κ1) is 14.4. The van der Waals surface area contributed by atoms with Gasteiger partial charge in [-0.05, 0) is 59.8 Å². The Labute approximate surface area is 119 Å². The zero-order valence-electron chi connectivity index (χ0n) is 9.59. The monoisotopic (exact) mass is 397 g/mol. The average Bonchev–Trinajstić information content (AvgIpc) is 2.28. The van der Waals surface area contributed by atoms with Gasteiger partial charge in [-0.1, -0.05) is 22.9 Å². The van der Waals surface area contributed by atoms with E-state index in [0.29, 0.717) is 6.61 Å². The van der Waals surface area contributed by atoms with Crippen LogP contribution in [0.5, 0.6) is 0 Å². The maximum absolute atomic E-state index is 5.51. The number of halogens is 2. The molecule has 0 heterocycles. The largest absolute Gasteiger partial charge is 0.380 e. The van der Waals surface area contributed by atoms with E-state index in [9.17, 15) is 0 Å². The van der Waals surface area contributed by atoms with Crippen LogP contribution in [-0.2, 0) is 4.74 Å². The standard InChI is InChI=1S/C12H17BrINO/c1-3-15-12(8-16-4-2)10-7-9(14)5-6-11(10)13/h5-7,12,15H,3-4,8H2,1-2H3. The number of likely N-dealkylation sites (N-methyl/N-ethyl adjacent to an activating group) is 1. The van der Waals surface area contributed by atoms with E-state index in [1.54, 1.807) is 0 Å². The van der Waals surface area contributed by atoms with Crippen LogP contribution in [0.25, 0.3) is 0 Å². The predicted octanol–water partition coefficient (Wildman–Crippen LogP) is 3.74. The van der Waals surface area contributed by atoms with Crippen LogP contribution in [0.1, 0.15) is 25.5 Å². The molecule has 1 unspecified atom stereocenters. The fraction of sp³-hybridized carbons (Fsp3) is 0.500. The summed E-state index contributed by atoms with van der Waals surface area (Å²) in [4.78, 5) is 0. The molecule has 0 spiro atoms. The maximum atomic E-state index is 5.51. The lowest BCUT2D eigenvalue weighted by Gasteiger charge is -2.19. The SMILES string of the molecule is CCNC(COCC)c1cc(I)ccc1Br. The molecule has 1 aromatic rings. The first-order chi connectivity index (χ1) is 7.69. The Morgan fingerprint density at radius 1 is 1.44 bits per heavy atom. The summed E-state index contributed by atoms with van der Waals surface area (Å²) >= 11 is 5.93. The van der Waals surface area contributed by atoms with Gasteiger partial charge in [0.15, 0.2) is 0 Å². The number of hydrogen-bond acceptors (Lipinski definition) is 2. The second-order valence-corrected chi connectivity index (χ2v) is 5.54. The molecule has 4 heteroatoms. The number of hydrogen-bond donors (Lipinski definition) is 1. The number of benzene rings is 1. The summed E-state index contributed by atoms with van der Waals surface area (Å²) in [6, 6.07) is 6.64. The molecule has 1 N–H and O–H groups in total. The molecule has 0 aromatic heterocycles.